The number of fused-ring (bicyclic) bond motifs is 2. The van der Waals surface area contributed by atoms with Crippen LogP contribution in [-0.4, -0.2) is 42.6 Å². The Morgan fingerprint density at radius 3 is 2.58 bits per heavy atom. The minimum Gasteiger partial charge on any atom is -0.486 e. The number of nitrogens with one attached hydrogen (secondary N) is 3. The summed E-state index contributed by atoms with van der Waals surface area (Å²) in [4.78, 5) is 29.3. The molecule has 0 radical (unpaired) electrons. The number of aromatic nitrogens is 1. The lowest BCUT2D eigenvalue weighted by atomic mass is 10.0. The first-order valence-electron chi connectivity index (χ1n) is 11.8. The third-order valence-corrected chi connectivity index (χ3v) is 6.15. The number of benzene rings is 3. The lowest BCUT2D eigenvalue weighted by Crippen LogP contribution is -2.48. The van der Waals surface area contributed by atoms with Crippen molar-refractivity contribution >= 4 is 22.7 Å². The van der Waals surface area contributed by atoms with Crippen LogP contribution >= 0.6 is 0 Å². The maximum Gasteiger partial charge on any atom is 0.251 e. The van der Waals surface area contributed by atoms with Gasteiger partial charge in [-0.25, -0.2) is 4.39 Å². The highest BCUT2D eigenvalue weighted by Crippen LogP contribution is 2.30. The van der Waals surface area contributed by atoms with Crippen LogP contribution in [0.15, 0.2) is 72.9 Å². The smallest absolute Gasteiger partial charge is 0.251 e. The number of halogens is 1. The average molecular weight is 488 g/mol. The van der Waals surface area contributed by atoms with Crippen molar-refractivity contribution in [3.8, 4) is 11.5 Å². The van der Waals surface area contributed by atoms with Gasteiger partial charge in [-0.3, -0.25) is 9.59 Å². The first-order chi connectivity index (χ1) is 17.6. The number of H-pyrrole nitrogens is 1. The second-order valence-electron chi connectivity index (χ2n) is 8.62. The predicted molar refractivity (Wildman–Crippen MR) is 134 cm³/mol. The summed E-state index contributed by atoms with van der Waals surface area (Å²) in [5.41, 5.74) is 3.15. The van der Waals surface area contributed by atoms with Crippen LogP contribution in [0.5, 0.6) is 11.5 Å². The number of carbonyl (C=O) groups is 2. The van der Waals surface area contributed by atoms with E-state index in [4.69, 9.17) is 9.47 Å². The van der Waals surface area contributed by atoms with Crippen LogP contribution in [0.25, 0.3) is 10.9 Å². The summed E-state index contributed by atoms with van der Waals surface area (Å²) in [5, 5.41) is 6.75. The number of ether oxygens (including phenoxy) is 2. The number of rotatable bonds is 8. The summed E-state index contributed by atoms with van der Waals surface area (Å²) in [6.45, 7) is 1.43. The topological polar surface area (TPSA) is 92.5 Å². The second kappa shape index (κ2) is 10.5. The molecule has 5 rings (SSSR count). The van der Waals surface area contributed by atoms with Crippen LogP contribution in [-0.2, 0) is 17.6 Å². The molecule has 8 heteroatoms. The number of aromatic amines is 1. The number of hydrogen-bond acceptors (Lipinski definition) is 4. The van der Waals surface area contributed by atoms with Gasteiger partial charge in [-0.15, -0.1) is 0 Å². The molecule has 2 heterocycles. The van der Waals surface area contributed by atoms with Crippen LogP contribution in [0.3, 0.4) is 0 Å². The highest BCUT2D eigenvalue weighted by molar-refractivity contribution is 5.98. The molecule has 0 fully saturated rings. The number of carbonyl (C=O) groups excluding carboxylic acids is 2. The monoisotopic (exact) mass is 487 g/mol. The summed E-state index contributed by atoms with van der Waals surface area (Å²) in [7, 11) is 0. The zero-order valence-corrected chi connectivity index (χ0v) is 19.6. The van der Waals surface area contributed by atoms with Gasteiger partial charge in [-0.05, 0) is 60.0 Å². The molecule has 0 saturated heterocycles. The van der Waals surface area contributed by atoms with Gasteiger partial charge in [0.15, 0.2) is 11.5 Å². The van der Waals surface area contributed by atoms with E-state index in [0.717, 1.165) is 27.8 Å². The highest BCUT2D eigenvalue weighted by Gasteiger charge is 2.23. The van der Waals surface area contributed by atoms with E-state index in [0.29, 0.717) is 38.3 Å². The van der Waals surface area contributed by atoms with E-state index in [1.54, 1.807) is 0 Å². The molecule has 3 aromatic carbocycles. The van der Waals surface area contributed by atoms with Crippen LogP contribution in [0, 0.1) is 5.82 Å². The molecule has 0 bridgehead atoms. The van der Waals surface area contributed by atoms with Crippen molar-refractivity contribution in [2.24, 2.45) is 0 Å². The summed E-state index contributed by atoms with van der Waals surface area (Å²) in [6.07, 6.45) is 2.74. The van der Waals surface area contributed by atoms with Crippen molar-refractivity contribution in [3.63, 3.8) is 0 Å². The van der Waals surface area contributed by atoms with Gasteiger partial charge in [-0.2, -0.15) is 0 Å². The van der Waals surface area contributed by atoms with Gasteiger partial charge in [0, 0.05) is 35.6 Å². The highest BCUT2D eigenvalue weighted by atomic mass is 19.1. The molecular weight excluding hydrogens is 461 g/mol. The fourth-order valence-corrected chi connectivity index (χ4v) is 4.27. The Balaban J connectivity index is 1.28. The van der Waals surface area contributed by atoms with Crippen LogP contribution in [0.2, 0.25) is 0 Å². The molecule has 0 saturated carbocycles. The van der Waals surface area contributed by atoms with Crippen LogP contribution < -0.4 is 20.1 Å². The summed E-state index contributed by atoms with van der Waals surface area (Å²) >= 11 is 0. The standard InChI is InChI=1S/C28H26FN3O4/c29-21-8-6-19(7-9-21)27(33)32-24(16-20-17-31-23-4-2-1-3-22(20)23)28(34)30-12-11-18-5-10-25-26(15-18)36-14-13-35-25/h1-10,15,17,24,31H,11-14,16H2,(H,30,34)(H,32,33)/t24-/m0/s1. The molecule has 0 aliphatic carbocycles. The maximum atomic E-state index is 13.3. The quantitative estimate of drug-likeness (QED) is 0.353. The molecule has 1 atom stereocenters. The summed E-state index contributed by atoms with van der Waals surface area (Å²) in [5.74, 6) is 0.249. The maximum absolute atomic E-state index is 13.3. The predicted octanol–water partition coefficient (Wildman–Crippen LogP) is 3.78. The van der Waals surface area contributed by atoms with E-state index in [2.05, 4.69) is 15.6 Å². The van der Waals surface area contributed by atoms with Gasteiger partial charge in [0.25, 0.3) is 5.91 Å². The van der Waals surface area contributed by atoms with Crippen molar-refractivity contribution in [1.29, 1.82) is 0 Å². The summed E-state index contributed by atoms with van der Waals surface area (Å²) < 4.78 is 24.5. The first-order valence-corrected chi connectivity index (χ1v) is 11.8. The van der Waals surface area contributed by atoms with Gasteiger partial charge < -0.3 is 25.1 Å². The molecule has 36 heavy (non-hydrogen) atoms. The van der Waals surface area contributed by atoms with Gasteiger partial charge in [0.2, 0.25) is 5.91 Å². The van der Waals surface area contributed by atoms with E-state index < -0.39 is 17.8 Å². The zero-order chi connectivity index (χ0) is 24.9. The van der Waals surface area contributed by atoms with Crippen molar-refractivity contribution in [3.05, 3.63) is 95.4 Å². The van der Waals surface area contributed by atoms with E-state index in [1.165, 1.54) is 24.3 Å². The Kier molecular flexibility index (Phi) is 6.84. The molecule has 3 N–H and O–H groups in total. The van der Waals surface area contributed by atoms with E-state index in [-0.39, 0.29) is 11.5 Å². The Morgan fingerprint density at radius 2 is 1.75 bits per heavy atom. The summed E-state index contributed by atoms with van der Waals surface area (Å²) in [6, 6.07) is 17.9. The van der Waals surface area contributed by atoms with Gasteiger partial charge in [-0.1, -0.05) is 24.3 Å². The second-order valence-corrected chi connectivity index (χ2v) is 8.62. The lowest BCUT2D eigenvalue weighted by Gasteiger charge is -2.20. The van der Waals surface area contributed by atoms with Gasteiger partial charge >= 0.3 is 0 Å². The third kappa shape index (κ3) is 5.33. The van der Waals surface area contributed by atoms with Crippen molar-refractivity contribution in [2.75, 3.05) is 19.8 Å². The number of amides is 2. The molecule has 4 aromatic rings. The molecule has 1 aliphatic heterocycles. The third-order valence-electron chi connectivity index (χ3n) is 6.15. The van der Waals surface area contributed by atoms with Crippen LogP contribution in [0.1, 0.15) is 21.5 Å². The minimum absolute atomic E-state index is 0.282. The van der Waals surface area contributed by atoms with Crippen molar-refractivity contribution in [2.45, 2.75) is 18.9 Å². The molecule has 7 nitrogen and oxygen atoms in total. The molecule has 0 unspecified atom stereocenters. The average Bonchev–Trinajstić information content (AvgIpc) is 3.31. The molecule has 2 amide bonds. The Labute approximate surface area is 207 Å². The minimum atomic E-state index is -0.818. The normalized spacial score (nSPS) is 13.2. The fourth-order valence-electron chi connectivity index (χ4n) is 4.27. The Bertz CT molecular complexity index is 1380. The fraction of sp³-hybridized carbons (Fsp3) is 0.214. The number of para-hydroxylation sites is 1. The first kappa shape index (κ1) is 23.4. The van der Waals surface area contributed by atoms with Crippen molar-refractivity contribution in [1.82, 2.24) is 15.6 Å². The molecule has 1 aliphatic rings. The van der Waals surface area contributed by atoms with Gasteiger partial charge in [0.1, 0.15) is 25.1 Å². The molecule has 184 valence electrons. The molecule has 1 aromatic heterocycles. The van der Waals surface area contributed by atoms with E-state index in [9.17, 15) is 14.0 Å². The van der Waals surface area contributed by atoms with Crippen molar-refractivity contribution < 1.29 is 23.5 Å². The van der Waals surface area contributed by atoms with Crippen LogP contribution in [0.4, 0.5) is 4.39 Å². The largest absolute Gasteiger partial charge is 0.486 e. The number of hydrogen-bond donors (Lipinski definition) is 3. The molecular formula is C28H26FN3O4. The zero-order valence-electron chi connectivity index (χ0n) is 19.6. The Hall–Kier alpha value is -4.33. The lowest BCUT2D eigenvalue weighted by molar-refractivity contribution is -0.122. The SMILES string of the molecule is O=C(N[C@@H](Cc1c[nH]c2ccccc12)C(=O)NCCc1ccc2c(c1)OCCO2)c1ccc(F)cc1. The van der Waals surface area contributed by atoms with E-state index >= 15 is 0 Å². The molecule has 0 spiro atoms. The van der Waals surface area contributed by atoms with Gasteiger partial charge in [0.05, 0.1) is 0 Å². The Morgan fingerprint density at radius 1 is 0.972 bits per heavy atom. The van der Waals surface area contributed by atoms with E-state index in [1.807, 2.05) is 48.7 Å².